The van der Waals surface area contributed by atoms with Gasteiger partial charge in [-0.1, -0.05) is 23.2 Å². The van der Waals surface area contributed by atoms with Gasteiger partial charge in [0.15, 0.2) is 0 Å². The highest BCUT2D eigenvalue weighted by molar-refractivity contribution is 6.42. The molecule has 0 fully saturated rings. The van der Waals surface area contributed by atoms with Crippen LogP contribution >= 0.6 is 23.2 Å². The van der Waals surface area contributed by atoms with E-state index in [1.807, 2.05) is 0 Å². The van der Waals surface area contributed by atoms with E-state index in [2.05, 4.69) is 5.32 Å². The summed E-state index contributed by atoms with van der Waals surface area (Å²) < 4.78 is 19.0. The van der Waals surface area contributed by atoms with Gasteiger partial charge in [-0.15, -0.1) is 0 Å². The lowest BCUT2D eigenvalue weighted by Gasteiger charge is -2.09. The van der Waals surface area contributed by atoms with E-state index in [9.17, 15) is 4.39 Å². The van der Waals surface area contributed by atoms with Gasteiger partial charge < -0.3 is 10.1 Å². The van der Waals surface area contributed by atoms with Crippen molar-refractivity contribution in [1.82, 2.24) is 5.32 Å². The molecule has 0 amide bonds. The molecule has 100 valence electrons. The van der Waals surface area contributed by atoms with Gasteiger partial charge >= 0.3 is 0 Å². The average Bonchev–Trinajstić information content (AvgIpc) is 2.33. The second kappa shape index (κ2) is 6.24. The zero-order chi connectivity index (χ0) is 13.8. The van der Waals surface area contributed by atoms with Gasteiger partial charge in [0.1, 0.15) is 17.3 Å². The highest BCUT2D eigenvalue weighted by Crippen LogP contribution is 2.30. The maximum absolute atomic E-state index is 13.4. The van der Waals surface area contributed by atoms with Crippen molar-refractivity contribution in [2.75, 3.05) is 7.05 Å². The molecule has 0 atom stereocenters. The number of benzene rings is 2. The Kier molecular flexibility index (Phi) is 4.64. The minimum atomic E-state index is -0.345. The first-order valence-electron chi connectivity index (χ1n) is 5.65. The van der Waals surface area contributed by atoms with Gasteiger partial charge in [0, 0.05) is 18.7 Å². The molecule has 0 heterocycles. The summed E-state index contributed by atoms with van der Waals surface area (Å²) >= 11 is 11.7. The molecule has 2 aromatic carbocycles. The summed E-state index contributed by atoms with van der Waals surface area (Å²) in [6.45, 7) is 0.565. The van der Waals surface area contributed by atoms with Gasteiger partial charge in [0.25, 0.3) is 0 Å². The highest BCUT2D eigenvalue weighted by Gasteiger charge is 2.05. The monoisotopic (exact) mass is 299 g/mol. The molecule has 0 saturated carbocycles. The Morgan fingerprint density at radius 3 is 2.53 bits per heavy atom. The summed E-state index contributed by atoms with van der Waals surface area (Å²) in [5.74, 6) is 0.585. The van der Waals surface area contributed by atoms with Crippen LogP contribution in [0, 0.1) is 5.82 Å². The molecule has 0 aromatic heterocycles. The smallest absolute Gasteiger partial charge is 0.130 e. The van der Waals surface area contributed by atoms with Crippen LogP contribution in [0.1, 0.15) is 5.56 Å². The maximum atomic E-state index is 13.4. The molecule has 0 radical (unpaired) electrons. The first-order chi connectivity index (χ1) is 9.08. The fourth-order valence-corrected chi connectivity index (χ4v) is 1.95. The fourth-order valence-electron chi connectivity index (χ4n) is 1.66. The lowest BCUT2D eigenvalue weighted by molar-refractivity contribution is 0.475. The third-order valence-corrected chi connectivity index (χ3v) is 3.18. The topological polar surface area (TPSA) is 21.3 Å². The summed E-state index contributed by atoms with van der Waals surface area (Å²) in [5, 5.41) is 3.80. The molecule has 1 N–H and O–H groups in total. The standard InChI is InChI=1S/C14H12Cl2FNO/c1-18-8-9-4-10(17)6-12(5-9)19-11-2-3-13(15)14(16)7-11/h2-7,18H,8H2,1H3. The molecule has 5 heteroatoms. The van der Waals surface area contributed by atoms with E-state index < -0.39 is 0 Å². The summed E-state index contributed by atoms with van der Waals surface area (Å²) in [7, 11) is 1.80. The van der Waals surface area contributed by atoms with Crippen molar-refractivity contribution in [2.45, 2.75) is 6.54 Å². The number of nitrogens with one attached hydrogen (secondary N) is 1. The lowest BCUT2D eigenvalue weighted by Crippen LogP contribution is -2.05. The van der Waals surface area contributed by atoms with Crippen molar-refractivity contribution in [1.29, 1.82) is 0 Å². The summed E-state index contributed by atoms with van der Waals surface area (Å²) in [6.07, 6.45) is 0. The first kappa shape index (κ1) is 14.1. The normalized spacial score (nSPS) is 10.5. The van der Waals surface area contributed by atoms with E-state index in [1.165, 1.54) is 12.1 Å². The van der Waals surface area contributed by atoms with E-state index in [-0.39, 0.29) is 5.82 Å². The molecule has 0 aliphatic rings. The van der Waals surface area contributed by atoms with Crippen molar-refractivity contribution < 1.29 is 9.13 Å². The molecule has 0 aliphatic heterocycles. The summed E-state index contributed by atoms with van der Waals surface area (Å²) in [5.41, 5.74) is 0.803. The Labute approximate surface area is 121 Å². The van der Waals surface area contributed by atoms with Crippen LogP contribution in [0.4, 0.5) is 4.39 Å². The molecule has 2 aromatic rings. The first-order valence-corrected chi connectivity index (χ1v) is 6.41. The van der Waals surface area contributed by atoms with Gasteiger partial charge in [0.2, 0.25) is 0 Å². The minimum Gasteiger partial charge on any atom is -0.457 e. The molecule has 0 saturated heterocycles. The van der Waals surface area contributed by atoms with E-state index in [1.54, 1.807) is 31.3 Å². The second-order valence-corrected chi connectivity index (χ2v) is 4.82. The Bertz CT molecular complexity index is 590. The maximum Gasteiger partial charge on any atom is 0.130 e. The average molecular weight is 300 g/mol. The van der Waals surface area contributed by atoms with Crippen molar-refractivity contribution in [3.63, 3.8) is 0 Å². The molecule has 2 nitrogen and oxygen atoms in total. The van der Waals surface area contributed by atoms with Crippen molar-refractivity contribution in [3.05, 3.63) is 57.8 Å². The fraction of sp³-hybridized carbons (Fsp3) is 0.143. The number of hydrogen-bond acceptors (Lipinski definition) is 2. The van der Waals surface area contributed by atoms with Crippen LogP contribution in [0.2, 0.25) is 10.0 Å². The Morgan fingerprint density at radius 2 is 1.84 bits per heavy atom. The third-order valence-electron chi connectivity index (χ3n) is 2.44. The van der Waals surface area contributed by atoms with Crippen molar-refractivity contribution in [3.8, 4) is 11.5 Å². The van der Waals surface area contributed by atoms with E-state index >= 15 is 0 Å². The number of rotatable bonds is 4. The molecule has 0 unspecified atom stereocenters. The molecular weight excluding hydrogens is 288 g/mol. The molecule has 0 spiro atoms. The zero-order valence-electron chi connectivity index (χ0n) is 10.2. The number of ether oxygens (including phenoxy) is 1. The van der Waals surface area contributed by atoms with Crippen LogP contribution in [-0.2, 0) is 6.54 Å². The summed E-state index contributed by atoms with van der Waals surface area (Å²) in [4.78, 5) is 0. The quantitative estimate of drug-likeness (QED) is 0.888. The van der Waals surface area contributed by atoms with Crippen LogP contribution in [0.5, 0.6) is 11.5 Å². The molecule has 0 aliphatic carbocycles. The van der Waals surface area contributed by atoms with Crippen LogP contribution in [0.15, 0.2) is 36.4 Å². The largest absolute Gasteiger partial charge is 0.457 e. The van der Waals surface area contributed by atoms with Gasteiger partial charge in [-0.2, -0.15) is 0 Å². The van der Waals surface area contributed by atoms with E-state index in [0.29, 0.717) is 28.1 Å². The Morgan fingerprint density at radius 1 is 1.05 bits per heavy atom. The van der Waals surface area contributed by atoms with Crippen LogP contribution in [-0.4, -0.2) is 7.05 Å². The minimum absolute atomic E-state index is 0.345. The highest BCUT2D eigenvalue weighted by atomic mass is 35.5. The van der Waals surface area contributed by atoms with Gasteiger partial charge in [-0.25, -0.2) is 4.39 Å². The van der Waals surface area contributed by atoms with Crippen molar-refractivity contribution >= 4 is 23.2 Å². The molecular formula is C14H12Cl2FNO. The molecule has 19 heavy (non-hydrogen) atoms. The molecule has 2 rings (SSSR count). The lowest BCUT2D eigenvalue weighted by atomic mass is 10.2. The van der Waals surface area contributed by atoms with Crippen LogP contribution in [0.25, 0.3) is 0 Å². The second-order valence-electron chi connectivity index (χ2n) is 4.00. The number of halogens is 3. The zero-order valence-corrected chi connectivity index (χ0v) is 11.7. The van der Waals surface area contributed by atoms with Crippen molar-refractivity contribution in [2.24, 2.45) is 0 Å². The van der Waals surface area contributed by atoms with Crippen LogP contribution in [0.3, 0.4) is 0 Å². The van der Waals surface area contributed by atoms with Gasteiger partial charge in [0.05, 0.1) is 10.0 Å². The van der Waals surface area contributed by atoms with Gasteiger partial charge in [-0.05, 0) is 36.9 Å². The molecule has 0 bridgehead atoms. The Balaban J connectivity index is 2.24. The SMILES string of the molecule is CNCc1cc(F)cc(Oc2ccc(Cl)c(Cl)c2)c1. The van der Waals surface area contributed by atoms with Gasteiger partial charge in [-0.3, -0.25) is 0 Å². The van der Waals surface area contributed by atoms with Crippen LogP contribution < -0.4 is 10.1 Å². The predicted molar refractivity (Wildman–Crippen MR) is 75.7 cm³/mol. The van der Waals surface area contributed by atoms with E-state index in [4.69, 9.17) is 27.9 Å². The number of hydrogen-bond donors (Lipinski definition) is 1. The van der Waals surface area contributed by atoms with E-state index in [0.717, 1.165) is 5.56 Å². The third kappa shape index (κ3) is 3.83. The predicted octanol–water partition coefficient (Wildman–Crippen LogP) is 4.64. The summed E-state index contributed by atoms with van der Waals surface area (Å²) in [6, 6.07) is 9.44. The Hall–Kier alpha value is -1.29.